The molecule has 0 aliphatic heterocycles. The lowest BCUT2D eigenvalue weighted by atomic mass is 9.72. The van der Waals surface area contributed by atoms with Gasteiger partial charge in [0.1, 0.15) is 0 Å². The molecule has 0 unspecified atom stereocenters. The van der Waals surface area contributed by atoms with Gasteiger partial charge in [-0.25, -0.2) is 4.79 Å². The summed E-state index contributed by atoms with van der Waals surface area (Å²) in [6, 6.07) is -0.242. The molecule has 19 heavy (non-hydrogen) atoms. The van der Waals surface area contributed by atoms with Crippen molar-refractivity contribution in [3.8, 4) is 12.3 Å². The molecule has 106 valence electrons. The Kier molecular flexibility index (Phi) is 5.68. The first-order chi connectivity index (χ1) is 8.99. The third-order valence-corrected chi connectivity index (χ3v) is 3.73. The van der Waals surface area contributed by atoms with E-state index < -0.39 is 5.97 Å². The summed E-state index contributed by atoms with van der Waals surface area (Å²) in [5, 5.41) is 11.9. The number of carbonyl (C=O) groups excluding carboxylic acids is 1. The number of rotatable bonds is 5. The molecule has 1 fully saturated rings. The van der Waals surface area contributed by atoms with Crippen LogP contribution in [-0.2, 0) is 4.79 Å². The van der Waals surface area contributed by atoms with Gasteiger partial charge in [0, 0.05) is 13.6 Å². The molecular weight excluding hydrogens is 244 g/mol. The van der Waals surface area contributed by atoms with Gasteiger partial charge >= 0.3 is 12.0 Å². The average Bonchev–Trinajstić information content (AvgIpc) is 2.36. The highest BCUT2D eigenvalue weighted by Gasteiger charge is 2.34. The van der Waals surface area contributed by atoms with Gasteiger partial charge in [0.15, 0.2) is 0 Å². The molecule has 1 saturated carbocycles. The lowest BCUT2D eigenvalue weighted by molar-refractivity contribution is -0.140. The van der Waals surface area contributed by atoms with Gasteiger partial charge in [-0.15, -0.1) is 6.42 Å². The van der Waals surface area contributed by atoms with Crippen LogP contribution in [0, 0.1) is 17.8 Å². The Labute approximate surface area is 114 Å². The summed E-state index contributed by atoms with van der Waals surface area (Å²) >= 11 is 0. The SMILES string of the molecule is C#CCN(C)C(=O)NCC1(CC(=O)O)CCCCC1. The summed E-state index contributed by atoms with van der Waals surface area (Å²) in [4.78, 5) is 24.2. The van der Waals surface area contributed by atoms with Crippen molar-refractivity contribution >= 4 is 12.0 Å². The second-order valence-corrected chi connectivity index (χ2v) is 5.35. The van der Waals surface area contributed by atoms with Crippen LogP contribution in [0.4, 0.5) is 4.79 Å². The number of nitrogens with one attached hydrogen (secondary N) is 1. The zero-order chi connectivity index (χ0) is 14.3. The Morgan fingerprint density at radius 2 is 2.00 bits per heavy atom. The number of urea groups is 1. The van der Waals surface area contributed by atoms with E-state index in [9.17, 15) is 9.59 Å². The monoisotopic (exact) mass is 266 g/mol. The Bertz CT molecular complexity index is 367. The fourth-order valence-electron chi connectivity index (χ4n) is 2.65. The lowest BCUT2D eigenvalue weighted by Gasteiger charge is -2.36. The molecule has 0 aromatic carbocycles. The van der Waals surface area contributed by atoms with E-state index >= 15 is 0 Å². The summed E-state index contributed by atoms with van der Waals surface area (Å²) in [6.07, 6.45) is 10.2. The molecule has 5 nitrogen and oxygen atoms in total. The summed E-state index contributed by atoms with van der Waals surface area (Å²) in [6.45, 7) is 0.658. The second kappa shape index (κ2) is 7.03. The molecule has 0 aromatic heterocycles. The van der Waals surface area contributed by atoms with Crippen LogP contribution < -0.4 is 5.32 Å². The fourth-order valence-corrected chi connectivity index (χ4v) is 2.65. The molecule has 2 N–H and O–H groups in total. The Morgan fingerprint density at radius 1 is 1.37 bits per heavy atom. The molecule has 2 amide bonds. The number of hydrogen-bond acceptors (Lipinski definition) is 2. The first-order valence-electron chi connectivity index (χ1n) is 6.63. The van der Waals surface area contributed by atoms with Gasteiger partial charge < -0.3 is 15.3 Å². The Hall–Kier alpha value is -1.70. The van der Waals surface area contributed by atoms with E-state index in [1.165, 1.54) is 4.90 Å². The van der Waals surface area contributed by atoms with Gasteiger partial charge in [-0.05, 0) is 18.3 Å². The molecular formula is C14H22N2O3. The third-order valence-electron chi connectivity index (χ3n) is 3.73. The van der Waals surface area contributed by atoms with Gasteiger partial charge in [-0.1, -0.05) is 25.2 Å². The average molecular weight is 266 g/mol. The van der Waals surface area contributed by atoms with Crippen molar-refractivity contribution in [1.29, 1.82) is 0 Å². The maximum atomic E-state index is 11.8. The normalized spacial score (nSPS) is 17.3. The topological polar surface area (TPSA) is 69.6 Å². The van der Waals surface area contributed by atoms with Crippen molar-refractivity contribution in [1.82, 2.24) is 10.2 Å². The standard InChI is InChI=1S/C14H22N2O3/c1-3-9-16(2)13(19)15-11-14(10-12(17)18)7-5-4-6-8-14/h1H,4-11H2,2H3,(H,15,19)(H,17,18). The van der Waals surface area contributed by atoms with Crippen LogP contribution in [0.15, 0.2) is 0 Å². The van der Waals surface area contributed by atoms with E-state index in [0.29, 0.717) is 6.54 Å². The quantitative estimate of drug-likeness (QED) is 0.744. The number of carbonyl (C=O) groups is 2. The highest BCUT2D eigenvalue weighted by molar-refractivity contribution is 5.74. The minimum absolute atomic E-state index is 0.117. The van der Waals surface area contributed by atoms with Crippen molar-refractivity contribution in [2.45, 2.75) is 38.5 Å². The number of nitrogens with zero attached hydrogens (tertiary/aromatic N) is 1. The summed E-state index contributed by atoms with van der Waals surface area (Å²) < 4.78 is 0. The van der Waals surface area contributed by atoms with Gasteiger partial charge in [-0.2, -0.15) is 0 Å². The number of carboxylic acid groups (broad SMARTS) is 1. The minimum atomic E-state index is -0.798. The number of terminal acetylenes is 1. The molecule has 0 saturated heterocycles. The highest BCUT2D eigenvalue weighted by atomic mass is 16.4. The van der Waals surface area contributed by atoms with E-state index in [4.69, 9.17) is 11.5 Å². The van der Waals surface area contributed by atoms with Crippen molar-refractivity contribution in [3.05, 3.63) is 0 Å². The predicted octanol–water partition coefficient (Wildman–Crippen LogP) is 1.69. The number of amides is 2. The van der Waals surface area contributed by atoms with E-state index in [2.05, 4.69) is 11.2 Å². The first kappa shape index (κ1) is 15.4. The van der Waals surface area contributed by atoms with E-state index in [-0.39, 0.29) is 24.4 Å². The van der Waals surface area contributed by atoms with Gasteiger partial charge in [0.25, 0.3) is 0 Å². The van der Waals surface area contributed by atoms with Crippen molar-refractivity contribution in [2.75, 3.05) is 20.1 Å². The van der Waals surface area contributed by atoms with Gasteiger partial charge in [0.2, 0.25) is 0 Å². The smallest absolute Gasteiger partial charge is 0.317 e. The minimum Gasteiger partial charge on any atom is -0.481 e. The Balaban J connectivity index is 2.56. The third kappa shape index (κ3) is 4.82. The molecule has 0 aromatic rings. The zero-order valence-electron chi connectivity index (χ0n) is 11.4. The van der Waals surface area contributed by atoms with E-state index in [1.807, 2.05) is 0 Å². The van der Waals surface area contributed by atoms with Crippen molar-refractivity contribution in [2.24, 2.45) is 5.41 Å². The molecule has 0 bridgehead atoms. The molecule has 1 aliphatic carbocycles. The zero-order valence-corrected chi connectivity index (χ0v) is 11.4. The summed E-state index contributed by atoms with van der Waals surface area (Å²) in [7, 11) is 1.62. The summed E-state index contributed by atoms with van der Waals surface area (Å²) in [5.41, 5.74) is -0.295. The summed E-state index contributed by atoms with van der Waals surface area (Å²) in [5.74, 6) is 1.60. The molecule has 0 spiro atoms. The molecule has 0 heterocycles. The molecule has 0 radical (unpaired) electrons. The van der Waals surface area contributed by atoms with E-state index in [1.54, 1.807) is 7.05 Å². The predicted molar refractivity (Wildman–Crippen MR) is 72.6 cm³/mol. The number of carboxylic acids is 1. The number of hydrogen-bond donors (Lipinski definition) is 2. The Morgan fingerprint density at radius 3 is 2.53 bits per heavy atom. The van der Waals surface area contributed by atoms with Crippen LogP contribution in [0.1, 0.15) is 38.5 Å². The van der Waals surface area contributed by atoms with Crippen LogP contribution >= 0.6 is 0 Å². The van der Waals surface area contributed by atoms with Crippen LogP contribution in [0.5, 0.6) is 0 Å². The number of aliphatic carboxylic acids is 1. The van der Waals surface area contributed by atoms with Crippen LogP contribution in [0.2, 0.25) is 0 Å². The van der Waals surface area contributed by atoms with Crippen molar-refractivity contribution < 1.29 is 14.7 Å². The highest BCUT2D eigenvalue weighted by Crippen LogP contribution is 2.38. The first-order valence-corrected chi connectivity index (χ1v) is 6.63. The maximum Gasteiger partial charge on any atom is 0.317 e. The molecule has 5 heteroatoms. The maximum absolute atomic E-state index is 11.8. The van der Waals surface area contributed by atoms with Crippen LogP contribution in [0.3, 0.4) is 0 Å². The van der Waals surface area contributed by atoms with Crippen LogP contribution in [0.25, 0.3) is 0 Å². The lowest BCUT2D eigenvalue weighted by Crippen LogP contribution is -2.45. The fraction of sp³-hybridized carbons (Fsp3) is 0.714. The molecule has 1 aliphatic rings. The second-order valence-electron chi connectivity index (χ2n) is 5.35. The largest absolute Gasteiger partial charge is 0.481 e. The van der Waals surface area contributed by atoms with Crippen LogP contribution in [-0.4, -0.2) is 42.1 Å². The molecule has 0 atom stereocenters. The van der Waals surface area contributed by atoms with Crippen molar-refractivity contribution in [3.63, 3.8) is 0 Å². The molecule has 1 rings (SSSR count). The van der Waals surface area contributed by atoms with Gasteiger partial charge in [0.05, 0.1) is 13.0 Å². The van der Waals surface area contributed by atoms with E-state index in [0.717, 1.165) is 32.1 Å². The van der Waals surface area contributed by atoms with Gasteiger partial charge in [-0.3, -0.25) is 4.79 Å².